The number of likely N-dealkylation sites (N-methyl/N-ethyl adjacent to an activating group) is 1. The van der Waals surface area contributed by atoms with Gasteiger partial charge < -0.3 is 28.8 Å². The summed E-state index contributed by atoms with van der Waals surface area (Å²) in [5.41, 5.74) is 0. The Morgan fingerprint density at radius 3 is 1.48 bits per heavy atom. The average Bonchev–Trinajstić information content (AvgIpc) is 3.24. The van der Waals surface area contributed by atoms with E-state index < -0.39 is 26.6 Å². The molecular formula is C54H91N2O6P. The van der Waals surface area contributed by atoms with Crippen LogP contribution in [0.3, 0.4) is 0 Å². The van der Waals surface area contributed by atoms with Crippen molar-refractivity contribution < 1.29 is 32.9 Å². The molecule has 1 amide bonds. The molecule has 63 heavy (non-hydrogen) atoms. The number of quaternary nitrogens is 1. The van der Waals surface area contributed by atoms with E-state index in [1.807, 2.05) is 27.2 Å². The smallest absolute Gasteiger partial charge is 0.268 e. The number of aliphatic hydroxyl groups excluding tert-OH is 1. The maximum atomic E-state index is 12.9. The minimum atomic E-state index is -4.62. The standard InChI is InChI=1S/C54H91N2O6P/c1-6-8-10-12-14-16-18-20-22-23-24-25-26-27-28-29-30-31-32-33-34-36-38-40-42-44-46-48-54(58)55-52(51-62-63(59,60)61-50-49-56(3,4)5)53(57)47-45-43-41-39-37-35-21-19-17-15-13-11-9-7-2/h8,10,14,16,20,22,24-25,27-28,30-31,33-34,37-40,45,47,52-53,57H,6-7,9,11-13,15,17-19,21,23,26,29,32,35-36,41-44,46,48-51H2,1-5H3,(H-,55,58,59,60)/b10-8-,16-14-,22-20-,25-24-,28-27-,31-30-,34-33-,39-37+,40-38-,47-45+. The van der Waals surface area contributed by atoms with E-state index in [4.69, 9.17) is 9.05 Å². The molecule has 358 valence electrons. The van der Waals surface area contributed by atoms with Gasteiger partial charge in [0.25, 0.3) is 7.82 Å². The van der Waals surface area contributed by atoms with Gasteiger partial charge in [0.15, 0.2) is 0 Å². The number of carbonyl (C=O) groups excluding carboxylic acids is 1. The Bertz CT molecular complexity index is 1430. The van der Waals surface area contributed by atoms with E-state index in [9.17, 15) is 19.4 Å². The number of rotatable bonds is 42. The zero-order chi connectivity index (χ0) is 46.4. The average molecular weight is 895 g/mol. The molecule has 8 nitrogen and oxygen atoms in total. The van der Waals surface area contributed by atoms with Crippen LogP contribution in [0.2, 0.25) is 0 Å². The van der Waals surface area contributed by atoms with Gasteiger partial charge in [0.2, 0.25) is 5.91 Å². The van der Waals surface area contributed by atoms with Crippen molar-refractivity contribution in [3.05, 3.63) is 122 Å². The molecule has 0 saturated heterocycles. The van der Waals surface area contributed by atoms with Gasteiger partial charge in [-0.25, -0.2) is 0 Å². The second-order valence-electron chi connectivity index (χ2n) is 17.1. The van der Waals surface area contributed by atoms with E-state index >= 15 is 0 Å². The molecule has 3 unspecified atom stereocenters. The first-order valence-corrected chi connectivity index (χ1v) is 25.9. The van der Waals surface area contributed by atoms with Crippen molar-refractivity contribution in [2.45, 2.75) is 174 Å². The van der Waals surface area contributed by atoms with Crippen molar-refractivity contribution in [1.29, 1.82) is 0 Å². The quantitative estimate of drug-likeness (QED) is 0.0273. The molecule has 0 fully saturated rings. The minimum absolute atomic E-state index is 0.0224. The molecule has 0 aliphatic rings. The molecule has 0 aliphatic carbocycles. The van der Waals surface area contributed by atoms with Gasteiger partial charge in [-0.05, 0) is 96.3 Å². The molecule has 0 aliphatic heterocycles. The number of aliphatic hydroxyl groups is 1. The highest BCUT2D eigenvalue weighted by Crippen LogP contribution is 2.38. The predicted octanol–water partition coefficient (Wildman–Crippen LogP) is 13.6. The van der Waals surface area contributed by atoms with E-state index in [1.165, 1.54) is 51.4 Å². The van der Waals surface area contributed by atoms with Gasteiger partial charge in [-0.3, -0.25) is 9.36 Å². The number of phosphoric ester groups is 1. The van der Waals surface area contributed by atoms with Crippen LogP contribution in [-0.4, -0.2) is 68.5 Å². The SMILES string of the molecule is CC/C=C\C/C=C\C/C=C\C/C=C\C/C=C\C/C=C\C/C=C\C/C=C\CCCCC(=O)NC(COP(=O)([O-])OCC[N+](C)(C)C)C(O)/C=C/CC/C=C/CCCCCCCCCC. The number of nitrogens with one attached hydrogen (secondary N) is 1. The zero-order valence-corrected chi connectivity index (χ0v) is 41.4. The van der Waals surface area contributed by atoms with Crippen LogP contribution in [0.5, 0.6) is 0 Å². The third-order valence-electron chi connectivity index (χ3n) is 9.91. The summed E-state index contributed by atoms with van der Waals surface area (Å²) in [5, 5.41) is 13.7. The van der Waals surface area contributed by atoms with Crippen molar-refractivity contribution >= 4 is 13.7 Å². The Labute approximate surface area is 386 Å². The molecule has 0 heterocycles. The lowest BCUT2D eigenvalue weighted by Crippen LogP contribution is -2.45. The third-order valence-corrected chi connectivity index (χ3v) is 10.9. The molecule has 0 saturated carbocycles. The summed E-state index contributed by atoms with van der Waals surface area (Å²) in [5.74, 6) is -0.257. The lowest BCUT2D eigenvalue weighted by atomic mass is 10.1. The lowest BCUT2D eigenvalue weighted by molar-refractivity contribution is -0.870. The number of hydrogen-bond acceptors (Lipinski definition) is 6. The summed E-state index contributed by atoms with van der Waals surface area (Å²) in [6, 6.07) is -0.935. The highest BCUT2D eigenvalue weighted by molar-refractivity contribution is 7.45. The minimum Gasteiger partial charge on any atom is -0.756 e. The highest BCUT2D eigenvalue weighted by Gasteiger charge is 2.23. The summed E-state index contributed by atoms with van der Waals surface area (Å²) >= 11 is 0. The van der Waals surface area contributed by atoms with Crippen LogP contribution in [0.1, 0.15) is 162 Å². The Balaban J connectivity index is 4.48. The molecule has 0 aromatic rings. The number of hydrogen-bond donors (Lipinski definition) is 2. The number of nitrogens with zero attached hydrogens (tertiary/aromatic N) is 1. The van der Waals surface area contributed by atoms with Crippen LogP contribution in [0.25, 0.3) is 0 Å². The zero-order valence-electron chi connectivity index (χ0n) is 40.5. The molecule has 0 bridgehead atoms. The van der Waals surface area contributed by atoms with Gasteiger partial charge in [-0.15, -0.1) is 0 Å². The van der Waals surface area contributed by atoms with Crippen LogP contribution in [-0.2, 0) is 18.4 Å². The Morgan fingerprint density at radius 1 is 0.571 bits per heavy atom. The van der Waals surface area contributed by atoms with E-state index in [1.54, 1.807) is 6.08 Å². The Hall–Kier alpha value is -3.10. The first-order valence-electron chi connectivity index (χ1n) is 24.4. The van der Waals surface area contributed by atoms with Gasteiger partial charge in [0.05, 0.1) is 39.9 Å². The van der Waals surface area contributed by atoms with Crippen molar-refractivity contribution in [2.24, 2.45) is 0 Å². The molecule has 0 aromatic carbocycles. The monoisotopic (exact) mass is 895 g/mol. The summed E-state index contributed by atoms with van der Waals surface area (Å²) in [7, 11) is 1.19. The van der Waals surface area contributed by atoms with Gasteiger partial charge in [-0.2, -0.15) is 0 Å². The van der Waals surface area contributed by atoms with Crippen LogP contribution < -0.4 is 10.2 Å². The second kappa shape index (κ2) is 44.1. The third kappa shape index (κ3) is 46.7. The second-order valence-corrected chi connectivity index (χ2v) is 18.5. The van der Waals surface area contributed by atoms with Gasteiger partial charge in [-0.1, -0.05) is 180 Å². The van der Waals surface area contributed by atoms with E-state index in [0.29, 0.717) is 17.4 Å². The van der Waals surface area contributed by atoms with E-state index in [-0.39, 0.29) is 18.9 Å². The number of amides is 1. The number of unbranched alkanes of at least 4 members (excludes halogenated alkanes) is 11. The van der Waals surface area contributed by atoms with Gasteiger partial charge >= 0.3 is 0 Å². The maximum absolute atomic E-state index is 12.9. The normalized spacial score (nSPS) is 15.2. The fraction of sp³-hybridized carbons (Fsp3) is 0.611. The van der Waals surface area contributed by atoms with Crippen molar-refractivity contribution in [3.8, 4) is 0 Å². The molecule has 0 rings (SSSR count). The summed E-state index contributed by atoms with van der Waals surface area (Å²) in [6.45, 7) is 4.44. The van der Waals surface area contributed by atoms with Crippen molar-refractivity contribution in [3.63, 3.8) is 0 Å². The van der Waals surface area contributed by atoms with Crippen LogP contribution >= 0.6 is 7.82 Å². The first-order chi connectivity index (χ1) is 30.5. The number of carbonyl (C=O) groups is 1. The van der Waals surface area contributed by atoms with Crippen LogP contribution in [0.15, 0.2) is 122 Å². The topological polar surface area (TPSA) is 108 Å². The fourth-order valence-electron chi connectivity index (χ4n) is 6.06. The Kier molecular flexibility index (Phi) is 41.9. The highest BCUT2D eigenvalue weighted by atomic mass is 31.2. The van der Waals surface area contributed by atoms with Crippen molar-refractivity contribution in [2.75, 3.05) is 40.9 Å². The molecule has 2 N–H and O–H groups in total. The van der Waals surface area contributed by atoms with Gasteiger partial charge in [0, 0.05) is 6.42 Å². The first kappa shape index (κ1) is 59.9. The molecule has 9 heteroatoms. The van der Waals surface area contributed by atoms with E-state index in [2.05, 4.69) is 129 Å². The summed E-state index contributed by atoms with van der Waals surface area (Å²) < 4.78 is 23.2. The fourth-order valence-corrected chi connectivity index (χ4v) is 6.79. The molecule has 3 atom stereocenters. The maximum Gasteiger partial charge on any atom is 0.268 e. The molecule has 0 radical (unpaired) electrons. The lowest BCUT2D eigenvalue weighted by Gasteiger charge is -2.29. The summed E-state index contributed by atoms with van der Waals surface area (Å²) in [4.78, 5) is 25.3. The number of allylic oxidation sites excluding steroid dienone is 19. The van der Waals surface area contributed by atoms with E-state index in [0.717, 1.165) is 83.5 Å². The van der Waals surface area contributed by atoms with Crippen LogP contribution in [0, 0.1) is 0 Å². The Morgan fingerprint density at radius 2 is 0.984 bits per heavy atom. The molecular weight excluding hydrogens is 804 g/mol. The molecule has 0 spiro atoms. The van der Waals surface area contributed by atoms with Crippen molar-refractivity contribution in [1.82, 2.24) is 5.32 Å². The predicted molar refractivity (Wildman–Crippen MR) is 269 cm³/mol. The number of phosphoric acid groups is 1. The molecule has 0 aromatic heterocycles. The summed E-state index contributed by atoms with van der Waals surface area (Å²) in [6.07, 6.45) is 65.4. The van der Waals surface area contributed by atoms with Gasteiger partial charge in [0.1, 0.15) is 13.2 Å². The van der Waals surface area contributed by atoms with Crippen LogP contribution in [0.4, 0.5) is 0 Å². The largest absolute Gasteiger partial charge is 0.756 e.